The third kappa shape index (κ3) is 4.23. The summed E-state index contributed by atoms with van der Waals surface area (Å²) in [5, 5.41) is 5.68. The molecule has 0 unspecified atom stereocenters. The van der Waals surface area contributed by atoms with Crippen LogP contribution in [0.4, 0.5) is 4.79 Å². The van der Waals surface area contributed by atoms with Crippen LogP contribution in [0, 0.1) is 0 Å². The predicted molar refractivity (Wildman–Crippen MR) is 69.4 cm³/mol. The average molecular weight is 285 g/mol. The Morgan fingerprint density at radius 2 is 1.69 bits per heavy atom. The second kappa shape index (κ2) is 5.89. The van der Waals surface area contributed by atoms with Crippen LogP contribution in [-0.2, 0) is 0 Å². The fourth-order valence-corrected chi connectivity index (χ4v) is 1.60. The number of hydrogen-bond acceptors (Lipinski definition) is 1. The molecular formula is C12H17BrN2O. The number of nitrogens with one attached hydrogen (secondary N) is 2. The Kier molecular flexibility index (Phi) is 4.80. The Labute approximate surface area is 105 Å². The second-order valence-electron chi connectivity index (χ2n) is 4.05. The summed E-state index contributed by atoms with van der Waals surface area (Å²) in [6, 6.07) is 7.94. The van der Waals surface area contributed by atoms with Gasteiger partial charge in [0.25, 0.3) is 0 Å². The van der Waals surface area contributed by atoms with Gasteiger partial charge in [0, 0.05) is 10.5 Å². The summed E-state index contributed by atoms with van der Waals surface area (Å²) in [7, 11) is 0. The van der Waals surface area contributed by atoms with Crippen LogP contribution in [0.3, 0.4) is 0 Å². The minimum absolute atomic E-state index is 0.00634. The fourth-order valence-electron chi connectivity index (χ4n) is 1.34. The minimum atomic E-state index is -0.134. The smallest absolute Gasteiger partial charge is 0.315 e. The van der Waals surface area contributed by atoms with E-state index in [-0.39, 0.29) is 18.1 Å². The van der Waals surface area contributed by atoms with Gasteiger partial charge in [-0.3, -0.25) is 0 Å². The van der Waals surface area contributed by atoms with E-state index in [1.807, 2.05) is 45.0 Å². The maximum Gasteiger partial charge on any atom is 0.315 e. The molecule has 0 aromatic heterocycles. The van der Waals surface area contributed by atoms with E-state index in [0.717, 1.165) is 10.0 Å². The third-order valence-corrected chi connectivity index (χ3v) is 2.67. The van der Waals surface area contributed by atoms with E-state index in [2.05, 4.69) is 26.6 Å². The van der Waals surface area contributed by atoms with E-state index in [9.17, 15) is 4.79 Å². The van der Waals surface area contributed by atoms with Gasteiger partial charge in [0.2, 0.25) is 0 Å². The lowest BCUT2D eigenvalue weighted by Crippen LogP contribution is -2.40. The summed E-state index contributed by atoms with van der Waals surface area (Å²) in [5.41, 5.74) is 1.09. The number of hydrogen-bond donors (Lipinski definition) is 2. The zero-order valence-corrected chi connectivity index (χ0v) is 11.3. The van der Waals surface area contributed by atoms with Crippen LogP contribution in [0.25, 0.3) is 0 Å². The van der Waals surface area contributed by atoms with E-state index in [1.165, 1.54) is 0 Å². The third-order valence-electron chi connectivity index (χ3n) is 2.14. The van der Waals surface area contributed by atoms with Crippen molar-refractivity contribution < 1.29 is 4.79 Å². The van der Waals surface area contributed by atoms with Gasteiger partial charge < -0.3 is 10.6 Å². The van der Waals surface area contributed by atoms with Gasteiger partial charge in [0.15, 0.2) is 0 Å². The molecule has 0 bridgehead atoms. The highest BCUT2D eigenvalue weighted by atomic mass is 79.9. The van der Waals surface area contributed by atoms with Crippen LogP contribution in [0.15, 0.2) is 28.7 Å². The monoisotopic (exact) mass is 284 g/mol. The molecule has 16 heavy (non-hydrogen) atoms. The number of urea groups is 1. The lowest BCUT2D eigenvalue weighted by molar-refractivity contribution is 0.235. The topological polar surface area (TPSA) is 41.1 Å². The van der Waals surface area contributed by atoms with E-state index in [1.54, 1.807) is 0 Å². The SMILES string of the molecule is CC(C)NC(=O)N[C@H](C)c1ccc(Br)cc1. The molecule has 2 N–H and O–H groups in total. The molecule has 0 saturated heterocycles. The minimum Gasteiger partial charge on any atom is -0.336 e. The quantitative estimate of drug-likeness (QED) is 0.879. The first-order valence-corrected chi connectivity index (χ1v) is 6.11. The molecule has 3 nitrogen and oxygen atoms in total. The van der Waals surface area contributed by atoms with Crippen LogP contribution in [0.2, 0.25) is 0 Å². The molecule has 1 rings (SSSR count). The average Bonchev–Trinajstić information content (AvgIpc) is 2.16. The van der Waals surface area contributed by atoms with Crippen LogP contribution >= 0.6 is 15.9 Å². The molecule has 1 atom stereocenters. The molecule has 2 amide bonds. The summed E-state index contributed by atoms with van der Waals surface area (Å²) < 4.78 is 1.04. The van der Waals surface area contributed by atoms with Crippen LogP contribution in [0.5, 0.6) is 0 Å². The summed E-state index contributed by atoms with van der Waals surface area (Å²) >= 11 is 3.38. The molecule has 4 heteroatoms. The molecule has 0 aliphatic rings. The molecule has 88 valence electrons. The highest BCUT2D eigenvalue weighted by Crippen LogP contribution is 2.16. The first-order valence-electron chi connectivity index (χ1n) is 5.31. The summed E-state index contributed by atoms with van der Waals surface area (Å²) in [6.07, 6.45) is 0. The maximum atomic E-state index is 11.5. The van der Waals surface area contributed by atoms with Crippen molar-refractivity contribution in [2.45, 2.75) is 32.9 Å². The molecule has 1 aromatic rings. The first-order chi connectivity index (χ1) is 7.49. The van der Waals surface area contributed by atoms with Crippen molar-refractivity contribution >= 4 is 22.0 Å². The number of halogens is 1. The van der Waals surface area contributed by atoms with Gasteiger partial charge in [-0.15, -0.1) is 0 Å². The molecule has 0 saturated carbocycles. The highest BCUT2D eigenvalue weighted by Gasteiger charge is 2.09. The van der Waals surface area contributed by atoms with Gasteiger partial charge in [-0.25, -0.2) is 4.79 Å². The van der Waals surface area contributed by atoms with E-state index in [4.69, 9.17) is 0 Å². The van der Waals surface area contributed by atoms with Gasteiger partial charge in [0.1, 0.15) is 0 Å². The van der Waals surface area contributed by atoms with Gasteiger partial charge in [0.05, 0.1) is 6.04 Å². The summed E-state index contributed by atoms with van der Waals surface area (Å²) in [4.78, 5) is 11.5. The predicted octanol–water partition coefficient (Wildman–Crippen LogP) is 3.22. The Morgan fingerprint density at radius 3 is 2.19 bits per heavy atom. The lowest BCUT2D eigenvalue weighted by Gasteiger charge is -2.16. The highest BCUT2D eigenvalue weighted by molar-refractivity contribution is 9.10. The van der Waals surface area contributed by atoms with Crippen LogP contribution in [-0.4, -0.2) is 12.1 Å². The van der Waals surface area contributed by atoms with E-state index in [0.29, 0.717) is 0 Å². The van der Waals surface area contributed by atoms with Gasteiger partial charge >= 0.3 is 6.03 Å². The van der Waals surface area contributed by atoms with Gasteiger partial charge in [-0.05, 0) is 38.5 Å². The number of benzene rings is 1. The first kappa shape index (κ1) is 13.0. The van der Waals surface area contributed by atoms with Crippen molar-refractivity contribution in [2.24, 2.45) is 0 Å². The molecule has 0 fully saturated rings. The Morgan fingerprint density at radius 1 is 1.12 bits per heavy atom. The Balaban J connectivity index is 2.55. The van der Waals surface area contributed by atoms with Crippen LogP contribution < -0.4 is 10.6 Å². The second-order valence-corrected chi connectivity index (χ2v) is 4.96. The zero-order valence-electron chi connectivity index (χ0n) is 9.75. The van der Waals surface area contributed by atoms with Crippen molar-refractivity contribution in [3.8, 4) is 0 Å². The fraction of sp³-hybridized carbons (Fsp3) is 0.417. The Bertz CT molecular complexity index is 349. The van der Waals surface area contributed by atoms with Crippen molar-refractivity contribution in [3.63, 3.8) is 0 Å². The van der Waals surface area contributed by atoms with E-state index >= 15 is 0 Å². The largest absolute Gasteiger partial charge is 0.336 e. The molecule has 0 radical (unpaired) electrons. The van der Waals surface area contributed by atoms with Crippen molar-refractivity contribution in [2.75, 3.05) is 0 Å². The number of carbonyl (C=O) groups is 1. The van der Waals surface area contributed by atoms with Gasteiger partial charge in [-0.1, -0.05) is 28.1 Å². The van der Waals surface area contributed by atoms with Gasteiger partial charge in [-0.2, -0.15) is 0 Å². The molecule has 0 aliphatic heterocycles. The van der Waals surface area contributed by atoms with Crippen LogP contribution in [0.1, 0.15) is 32.4 Å². The summed E-state index contributed by atoms with van der Waals surface area (Å²) in [6.45, 7) is 5.83. The maximum absolute atomic E-state index is 11.5. The standard InChI is InChI=1S/C12H17BrN2O/c1-8(2)14-12(16)15-9(3)10-4-6-11(13)7-5-10/h4-9H,1-3H3,(H2,14,15,16)/t9-/m1/s1. The molecule has 1 aromatic carbocycles. The molecular weight excluding hydrogens is 268 g/mol. The number of carbonyl (C=O) groups excluding carboxylic acids is 1. The number of amides is 2. The Hall–Kier alpha value is -1.03. The van der Waals surface area contributed by atoms with Crippen molar-refractivity contribution in [3.05, 3.63) is 34.3 Å². The lowest BCUT2D eigenvalue weighted by atomic mass is 10.1. The molecule has 0 aliphatic carbocycles. The summed E-state index contributed by atoms with van der Waals surface area (Å²) in [5.74, 6) is 0. The zero-order chi connectivity index (χ0) is 12.1. The van der Waals surface area contributed by atoms with E-state index < -0.39 is 0 Å². The number of rotatable bonds is 3. The molecule has 0 heterocycles. The normalized spacial score (nSPS) is 12.3. The van der Waals surface area contributed by atoms with Crippen molar-refractivity contribution in [1.29, 1.82) is 0 Å². The van der Waals surface area contributed by atoms with Crippen molar-refractivity contribution in [1.82, 2.24) is 10.6 Å². The molecule has 0 spiro atoms.